The summed E-state index contributed by atoms with van der Waals surface area (Å²) < 4.78 is 43.9. The minimum absolute atomic E-state index is 0.0483. The largest absolute Gasteiger partial charge is 0.462 e. The molecule has 2 aromatic rings. The standard InChI is InChI=1S/C16H12F2N2O5/c17-10-7-11(15-9(14(10)18)3-6-23-15)20-5-4-19-8-16(20)24-12(21)1-2-13(22)25-16/h1-3,6-7,19H,4-5,8H2. The minimum atomic E-state index is -1.83. The van der Waals surface area contributed by atoms with E-state index >= 15 is 0 Å². The van der Waals surface area contributed by atoms with Crippen LogP contribution in [0.5, 0.6) is 0 Å². The molecule has 9 heteroatoms. The van der Waals surface area contributed by atoms with E-state index in [-0.39, 0.29) is 29.7 Å². The predicted molar refractivity (Wildman–Crippen MR) is 80.4 cm³/mol. The van der Waals surface area contributed by atoms with E-state index in [2.05, 4.69) is 5.32 Å². The molecule has 3 heterocycles. The van der Waals surface area contributed by atoms with Gasteiger partial charge < -0.3 is 19.2 Å². The summed E-state index contributed by atoms with van der Waals surface area (Å²) in [6.07, 6.45) is 3.10. The van der Waals surface area contributed by atoms with E-state index < -0.39 is 29.5 Å². The Hall–Kier alpha value is -2.94. The van der Waals surface area contributed by atoms with Gasteiger partial charge in [0.1, 0.15) is 0 Å². The van der Waals surface area contributed by atoms with Crippen LogP contribution in [0.1, 0.15) is 0 Å². The number of piperazine rings is 1. The highest BCUT2D eigenvalue weighted by Crippen LogP contribution is 2.37. The molecule has 0 unspecified atom stereocenters. The zero-order chi connectivity index (χ0) is 17.6. The van der Waals surface area contributed by atoms with Crippen LogP contribution >= 0.6 is 0 Å². The molecule has 7 nitrogen and oxygen atoms in total. The van der Waals surface area contributed by atoms with Gasteiger partial charge in [-0.3, -0.25) is 4.90 Å². The summed E-state index contributed by atoms with van der Waals surface area (Å²) >= 11 is 0. The normalized spacial score (nSPS) is 19.8. The van der Waals surface area contributed by atoms with Gasteiger partial charge >= 0.3 is 17.8 Å². The lowest BCUT2D eigenvalue weighted by molar-refractivity contribution is -0.221. The number of nitrogens with zero attached hydrogens (tertiary/aromatic N) is 1. The third kappa shape index (κ3) is 2.43. The number of anilines is 1. The van der Waals surface area contributed by atoms with Gasteiger partial charge in [0.2, 0.25) is 0 Å². The third-order valence-corrected chi connectivity index (χ3v) is 4.05. The number of nitrogens with one attached hydrogen (secondary N) is 1. The molecule has 1 aromatic heterocycles. The molecule has 2 aliphatic rings. The highest BCUT2D eigenvalue weighted by Gasteiger charge is 2.48. The van der Waals surface area contributed by atoms with Crippen molar-refractivity contribution in [3.05, 3.63) is 42.2 Å². The molecule has 25 heavy (non-hydrogen) atoms. The molecule has 0 aliphatic carbocycles. The summed E-state index contributed by atoms with van der Waals surface area (Å²) in [5.74, 6) is -5.56. The van der Waals surface area contributed by atoms with Crippen LogP contribution in [0.3, 0.4) is 0 Å². The number of carbonyl (C=O) groups excluding carboxylic acids is 2. The Morgan fingerprint density at radius 3 is 2.60 bits per heavy atom. The molecule has 0 saturated carbocycles. The van der Waals surface area contributed by atoms with E-state index in [1.807, 2.05) is 0 Å². The topological polar surface area (TPSA) is 81.0 Å². The first-order valence-corrected chi connectivity index (χ1v) is 7.48. The Labute approximate surface area is 139 Å². The van der Waals surface area contributed by atoms with Crippen LogP contribution in [-0.4, -0.2) is 37.5 Å². The van der Waals surface area contributed by atoms with Gasteiger partial charge in [-0.15, -0.1) is 0 Å². The van der Waals surface area contributed by atoms with Gasteiger partial charge in [-0.1, -0.05) is 0 Å². The van der Waals surface area contributed by atoms with Crippen molar-refractivity contribution >= 4 is 28.6 Å². The van der Waals surface area contributed by atoms with Crippen molar-refractivity contribution in [2.75, 3.05) is 24.5 Å². The maximum Gasteiger partial charge on any atom is 0.356 e. The van der Waals surface area contributed by atoms with Crippen molar-refractivity contribution in [1.29, 1.82) is 0 Å². The molecule has 0 bridgehead atoms. The summed E-state index contributed by atoms with van der Waals surface area (Å²) in [7, 11) is 0. The molecule has 0 atom stereocenters. The van der Waals surface area contributed by atoms with E-state index in [0.717, 1.165) is 18.2 Å². The average molecular weight is 350 g/mol. The Balaban J connectivity index is 1.88. The summed E-state index contributed by atoms with van der Waals surface area (Å²) in [4.78, 5) is 25.1. The van der Waals surface area contributed by atoms with Crippen molar-refractivity contribution in [3.8, 4) is 0 Å². The first kappa shape index (κ1) is 15.6. The first-order chi connectivity index (χ1) is 12.0. The second kappa shape index (κ2) is 5.55. The molecule has 0 amide bonds. The average Bonchev–Trinajstić information content (AvgIpc) is 3.02. The fraction of sp³-hybridized carbons (Fsp3) is 0.250. The Kier molecular flexibility index (Phi) is 3.46. The summed E-state index contributed by atoms with van der Waals surface area (Å²) in [5.41, 5.74) is 0.173. The second-order valence-corrected chi connectivity index (χ2v) is 5.57. The number of rotatable bonds is 1. The lowest BCUT2D eigenvalue weighted by Gasteiger charge is -2.44. The number of furan rings is 1. The van der Waals surface area contributed by atoms with Crippen LogP contribution in [0, 0.1) is 11.6 Å². The van der Waals surface area contributed by atoms with Gasteiger partial charge in [0.25, 0.3) is 0 Å². The molecule has 1 fully saturated rings. The predicted octanol–water partition coefficient (Wildman–Crippen LogP) is 1.43. The number of hydrogen-bond donors (Lipinski definition) is 1. The van der Waals surface area contributed by atoms with Crippen molar-refractivity contribution < 1.29 is 32.3 Å². The molecule has 0 radical (unpaired) electrons. The maximum absolute atomic E-state index is 14.0. The van der Waals surface area contributed by atoms with Crippen LogP contribution in [0.25, 0.3) is 11.0 Å². The maximum atomic E-state index is 14.0. The number of carbonyl (C=O) groups is 2. The Morgan fingerprint density at radius 2 is 1.88 bits per heavy atom. The van der Waals surface area contributed by atoms with Crippen LogP contribution in [-0.2, 0) is 19.1 Å². The molecule has 2 aliphatic heterocycles. The molecule has 130 valence electrons. The third-order valence-electron chi connectivity index (χ3n) is 4.05. The van der Waals surface area contributed by atoms with Crippen molar-refractivity contribution in [3.63, 3.8) is 0 Å². The number of halogens is 2. The summed E-state index contributed by atoms with van der Waals surface area (Å²) in [5, 5.41) is 2.90. The van der Waals surface area contributed by atoms with E-state index in [1.165, 1.54) is 17.2 Å². The van der Waals surface area contributed by atoms with Crippen LogP contribution < -0.4 is 10.2 Å². The number of fused-ring (bicyclic) bond motifs is 1. The van der Waals surface area contributed by atoms with E-state index in [4.69, 9.17) is 13.9 Å². The minimum Gasteiger partial charge on any atom is -0.462 e. The Bertz CT molecular complexity index is 887. The van der Waals surface area contributed by atoms with Crippen LogP contribution in [0.15, 0.2) is 35.0 Å². The number of benzene rings is 1. The number of esters is 2. The molecule has 1 spiro atoms. The summed E-state index contributed by atoms with van der Waals surface area (Å²) in [6.45, 7) is 0.584. The van der Waals surface area contributed by atoms with E-state index in [1.54, 1.807) is 0 Å². The van der Waals surface area contributed by atoms with E-state index in [0.29, 0.717) is 6.54 Å². The fourth-order valence-electron chi connectivity index (χ4n) is 2.99. The number of ether oxygens (including phenoxy) is 2. The van der Waals surface area contributed by atoms with Crippen LogP contribution in [0.2, 0.25) is 0 Å². The van der Waals surface area contributed by atoms with Gasteiger partial charge in [0.15, 0.2) is 17.2 Å². The zero-order valence-electron chi connectivity index (χ0n) is 12.8. The van der Waals surface area contributed by atoms with Crippen molar-refractivity contribution in [2.45, 2.75) is 5.91 Å². The summed E-state index contributed by atoms with van der Waals surface area (Å²) in [6, 6.07) is 2.22. The molecule has 1 aromatic carbocycles. The van der Waals surface area contributed by atoms with Gasteiger partial charge in [-0.2, -0.15) is 0 Å². The SMILES string of the molecule is O=C1C=CC(=O)OC2(CNCCN2c2cc(F)c(F)c3ccoc23)O1. The molecule has 4 rings (SSSR count). The van der Waals surface area contributed by atoms with Crippen molar-refractivity contribution in [1.82, 2.24) is 5.32 Å². The Morgan fingerprint density at radius 1 is 1.16 bits per heavy atom. The van der Waals surface area contributed by atoms with Crippen LogP contribution in [0.4, 0.5) is 14.5 Å². The second-order valence-electron chi connectivity index (χ2n) is 5.57. The fourth-order valence-corrected chi connectivity index (χ4v) is 2.99. The number of hydrogen-bond acceptors (Lipinski definition) is 7. The lowest BCUT2D eigenvalue weighted by Crippen LogP contribution is -2.65. The van der Waals surface area contributed by atoms with Gasteiger partial charge in [0, 0.05) is 31.3 Å². The van der Waals surface area contributed by atoms with Gasteiger partial charge in [-0.05, 0) is 6.07 Å². The lowest BCUT2D eigenvalue weighted by atomic mass is 10.1. The molecular weight excluding hydrogens is 338 g/mol. The van der Waals surface area contributed by atoms with Gasteiger partial charge in [-0.25, -0.2) is 18.4 Å². The molecular formula is C16H12F2N2O5. The van der Waals surface area contributed by atoms with Gasteiger partial charge in [0.05, 0.1) is 23.9 Å². The quantitative estimate of drug-likeness (QED) is 0.779. The highest BCUT2D eigenvalue weighted by molar-refractivity contribution is 5.95. The van der Waals surface area contributed by atoms with E-state index in [9.17, 15) is 18.4 Å². The highest BCUT2D eigenvalue weighted by atomic mass is 19.2. The smallest absolute Gasteiger partial charge is 0.356 e. The first-order valence-electron chi connectivity index (χ1n) is 7.48. The monoisotopic (exact) mass is 350 g/mol. The molecule has 1 N–H and O–H groups in total. The van der Waals surface area contributed by atoms with Crippen molar-refractivity contribution in [2.24, 2.45) is 0 Å². The molecule has 1 saturated heterocycles. The zero-order valence-corrected chi connectivity index (χ0v) is 12.8.